The maximum absolute atomic E-state index is 11.8. The number of carbonyl (C=O) groups is 3. The third-order valence-corrected chi connectivity index (χ3v) is 2.81. The summed E-state index contributed by atoms with van der Waals surface area (Å²) in [4.78, 5) is 34.5. The molecule has 1 N–H and O–H groups in total. The van der Waals surface area contributed by atoms with Crippen molar-refractivity contribution in [1.29, 1.82) is 0 Å². The molecule has 1 aromatic heterocycles. The van der Waals surface area contributed by atoms with Gasteiger partial charge in [-0.25, -0.2) is 14.3 Å². The highest BCUT2D eigenvalue weighted by molar-refractivity contribution is 6.00. The van der Waals surface area contributed by atoms with Crippen LogP contribution < -0.4 is 0 Å². The molecule has 1 aromatic rings. The maximum atomic E-state index is 11.8. The average molecular weight is 328 g/mol. The fourth-order valence-electron chi connectivity index (χ4n) is 1.64. The van der Waals surface area contributed by atoms with Crippen molar-refractivity contribution in [3.63, 3.8) is 0 Å². The summed E-state index contributed by atoms with van der Waals surface area (Å²) in [6, 6.07) is 0. The van der Waals surface area contributed by atoms with Crippen LogP contribution in [0.25, 0.3) is 0 Å². The fraction of sp³-hybridized carbons (Fsp3) is 0.500. The van der Waals surface area contributed by atoms with Crippen LogP contribution in [0.2, 0.25) is 0 Å². The van der Waals surface area contributed by atoms with Gasteiger partial charge in [-0.2, -0.15) is 0 Å². The van der Waals surface area contributed by atoms with E-state index >= 15 is 0 Å². The number of oxime groups is 1. The molecular weight excluding hydrogens is 312 g/mol. The van der Waals surface area contributed by atoms with Gasteiger partial charge in [-0.05, 0) is 0 Å². The molecule has 0 aromatic carbocycles. The zero-order chi connectivity index (χ0) is 17.4. The Morgan fingerprint density at radius 3 is 2.26 bits per heavy atom. The first-order chi connectivity index (χ1) is 11.0. The Labute approximate surface area is 130 Å². The molecule has 23 heavy (non-hydrogen) atoms. The molecule has 0 amide bonds. The van der Waals surface area contributed by atoms with E-state index in [2.05, 4.69) is 29.7 Å². The fourth-order valence-corrected chi connectivity index (χ4v) is 1.64. The minimum absolute atomic E-state index is 0.0258. The van der Waals surface area contributed by atoms with E-state index in [-0.39, 0.29) is 36.5 Å². The zero-order valence-corrected chi connectivity index (χ0v) is 12.8. The number of esters is 3. The van der Waals surface area contributed by atoms with Crippen LogP contribution in [0.3, 0.4) is 0 Å². The zero-order valence-electron chi connectivity index (χ0n) is 12.8. The second-order valence-corrected chi connectivity index (χ2v) is 4.17. The van der Waals surface area contributed by atoms with Crippen molar-refractivity contribution in [2.45, 2.75) is 19.4 Å². The first-order valence-corrected chi connectivity index (χ1v) is 6.35. The van der Waals surface area contributed by atoms with E-state index in [1.165, 1.54) is 7.11 Å². The molecule has 0 unspecified atom stereocenters. The Hall–Kier alpha value is -2.98. The molecule has 0 atom stereocenters. The number of ether oxygens (including phenoxy) is 3. The number of hydrogen-bond acceptors (Lipinski definition) is 10. The van der Waals surface area contributed by atoms with Crippen LogP contribution in [0.4, 0.5) is 0 Å². The Balaban J connectivity index is 3.03. The normalized spacial score (nSPS) is 11.0. The highest BCUT2D eigenvalue weighted by atomic mass is 16.5. The highest BCUT2D eigenvalue weighted by Crippen LogP contribution is 2.10. The molecule has 0 aliphatic heterocycles. The summed E-state index contributed by atoms with van der Waals surface area (Å²) in [7, 11) is 3.48. The van der Waals surface area contributed by atoms with Gasteiger partial charge < -0.3 is 19.4 Å². The van der Waals surface area contributed by atoms with E-state index in [1.807, 2.05) is 0 Å². The lowest BCUT2D eigenvalue weighted by Crippen LogP contribution is -2.20. The van der Waals surface area contributed by atoms with Crippen LogP contribution in [0, 0.1) is 0 Å². The van der Waals surface area contributed by atoms with Crippen LogP contribution in [0.5, 0.6) is 0 Å². The number of aromatic nitrogens is 3. The summed E-state index contributed by atoms with van der Waals surface area (Å²) in [5.74, 6) is -2.22. The lowest BCUT2D eigenvalue weighted by Gasteiger charge is -2.07. The molecule has 11 nitrogen and oxygen atoms in total. The van der Waals surface area contributed by atoms with Gasteiger partial charge in [-0.3, -0.25) is 4.79 Å². The van der Waals surface area contributed by atoms with E-state index in [1.54, 1.807) is 0 Å². The van der Waals surface area contributed by atoms with Gasteiger partial charge in [0, 0.05) is 6.42 Å². The molecule has 126 valence electrons. The predicted molar refractivity (Wildman–Crippen MR) is 73.2 cm³/mol. The molecule has 0 spiro atoms. The molecular formula is C12H16N4O7. The molecule has 0 bridgehead atoms. The number of hydrogen-bond donors (Lipinski definition) is 1. The van der Waals surface area contributed by atoms with Crippen molar-refractivity contribution in [1.82, 2.24) is 15.0 Å². The Morgan fingerprint density at radius 2 is 1.74 bits per heavy atom. The number of rotatable bonds is 7. The summed E-state index contributed by atoms with van der Waals surface area (Å²) in [6.45, 7) is -0.179. The number of nitrogens with zero attached hydrogens (tertiary/aromatic N) is 4. The first kappa shape index (κ1) is 18.1. The van der Waals surface area contributed by atoms with Crippen molar-refractivity contribution in [2.75, 3.05) is 21.3 Å². The molecule has 1 heterocycles. The minimum atomic E-state index is -0.867. The van der Waals surface area contributed by atoms with Gasteiger partial charge in [0.15, 0.2) is 5.69 Å². The second kappa shape index (κ2) is 8.46. The quantitative estimate of drug-likeness (QED) is 0.233. The standard InChI is InChI=1S/C12H16N4O7/c1-21-8(17)5-4-7(14-20)6-16-10(12(19)23-3)9(13-15-16)11(18)22-2/h20H,4-6H2,1-3H3. The largest absolute Gasteiger partial charge is 0.469 e. The average Bonchev–Trinajstić information content (AvgIpc) is 3.00. The van der Waals surface area contributed by atoms with Crippen LogP contribution >= 0.6 is 0 Å². The molecule has 0 radical (unpaired) electrons. The van der Waals surface area contributed by atoms with Crippen molar-refractivity contribution in [3.05, 3.63) is 11.4 Å². The molecule has 0 saturated carbocycles. The van der Waals surface area contributed by atoms with Gasteiger partial charge in [-0.1, -0.05) is 10.4 Å². The van der Waals surface area contributed by atoms with Crippen molar-refractivity contribution >= 4 is 23.6 Å². The lowest BCUT2D eigenvalue weighted by molar-refractivity contribution is -0.140. The van der Waals surface area contributed by atoms with E-state index in [9.17, 15) is 14.4 Å². The van der Waals surface area contributed by atoms with E-state index in [4.69, 9.17) is 5.21 Å². The SMILES string of the molecule is COC(=O)CCC(Cn1nnc(C(=O)OC)c1C(=O)OC)=NO. The summed E-state index contributed by atoms with van der Waals surface area (Å²) in [5.41, 5.74) is -0.454. The molecule has 1 rings (SSSR count). The van der Waals surface area contributed by atoms with Crippen LogP contribution in [-0.2, 0) is 25.5 Å². The summed E-state index contributed by atoms with van der Waals surface area (Å²) < 4.78 is 14.6. The van der Waals surface area contributed by atoms with Crippen molar-refractivity contribution in [3.8, 4) is 0 Å². The Kier molecular flexibility index (Phi) is 6.65. The van der Waals surface area contributed by atoms with Crippen LogP contribution in [-0.4, -0.2) is 65.2 Å². The molecule has 0 fully saturated rings. The molecule has 11 heteroatoms. The van der Waals surface area contributed by atoms with E-state index in [0.29, 0.717) is 0 Å². The van der Waals surface area contributed by atoms with Crippen LogP contribution in [0.1, 0.15) is 33.8 Å². The number of methoxy groups -OCH3 is 3. The number of carbonyl (C=O) groups excluding carboxylic acids is 3. The Morgan fingerprint density at radius 1 is 1.09 bits per heavy atom. The highest BCUT2D eigenvalue weighted by Gasteiger charge is 2.27. The van der Waals surface area contributed by atoms with Crippen molar-refractivity contribution < 1.29 is 33.8 Å². The maximum Gasteiger partial charge on any atom is 0.361 e. The topological polar surface area (TPSA) is 142 Å². The minimum Gasteiger partial charge on any atom is -0.469 e. The Bertz CT molecular complexity index is 623. The third-order valence-electron chi connectivity index (χ3n) is 2.81. The van der Waals surface area contributed by atoms with Gasteiger partial charge in [0.2, 0.25) is 5.69 Å². The smallest absolute Gasteiger partial charge is 0.361 e. The summed E-state index contributed by atoms with van der Waals surface area (Å²) >= 11 is 0. The first-order valence-electron chi connectivity index (χ1n) is 6.35. The van der Waals surface area contributed by atoms with Gasteiger partial charge in [0.05, 0.1) is 40.0 Å². The van der Waals surface area contributed by atoms with Gasteiger partial charge in [0.25, 0.3) is 0 Å². The van der Waals surface area contributed by atoms with Crippen LogP contribution in [0.15, 0.2) is 5.16 Å². The monoisotopic (exact) mass is 328 g/mol. The molecule has 0 aliphatic rings. The molecule has 0 aliphatic carbocycles. The summed E-state index contributed by atoms with van der Waals surface area (Å²) in [6.07, 6.45) is 0.0409. The molecule has 0 saturated heterocycles. The van der Waals surface area contributed by atoms with Gasteiger partial charge >= 0.3 is 17.9 Å². The summed E-state index contributed by atoms with van der Waals surface area (Å²) in [5, 5.41) is 19.2. The van der Waals surface area contributed by atoms with Gasteiger partial charge in [-0.15, -0.1) is 5.10 Å². The predicted octanol–water partition coefficient (Wildman–Crippen LogP) is -0.365. The lowest BCUT2D eigenvalue weighted by atomic mass is 10.2. The van der Waals surface area contributed by atoms with Crippen molar-refractivity contribution in [2.24, 2.45) is 5.16 Å². The van der Waals surface area contributed by atoms with Gasteiger partial charge in [0.1, 0.15) is 0 Å². The second-order valence-electron chi connectivity index (χ2n) is 4.17. The van der Waals surface area contributed by atoms with E-state index in [0.717, 1.165) is 18.9 Å². The van der Waals surface area contributed by atoms with E-state index < -0.39 is 17.9 Å². The third kappa shape index (κ3) is 4.49.